The molecule has 0 bridgehead atoms. The number of carbonyl (C=O) groups excluding carboxylic acids is 2. The number of hydrogen-bond donors (Lipinski definition) is 2. The highest BCUT2D eigenvalue weighted by Crippen LogP contribution is 2.16. The van der Waals surface area contributed by atoms with Crippen molar-refractivity contribution < 1.29 is 18.4 Å². The first-order valence-electron chi connectivity index (χ1n) is 7.00. The van der Waals surface area contributed by atoms with E-state index in [1.807, 2.05) is 0 Å². The van der Waals surface area contributed by atoms with E-state index in [2.05, 4.69) is 10.6 Å². The summed E-state index contributed by atoms with van der Waals surface area (Å²) >= 11 is 0. The molecule has 2 N–H and O–H groups in total. The molecule has 0 saturated heterocycles. The van der Waals surface area contributed by atoms with Crippen LogP contribution in [0, 0.1) is 18.6 Å². The van der Waals surface area contributed by atoms with Gasteiger partial charge in [0.2, 0.25) is 5.91 Å². The van der Waals surface area contributed by atoms with Gasteiger partial charge in [0.05, 0.1) is 0 Å². The summed E-state index contributed by atoms with van der Waals surface area (Å²) < 4.78 is 26.3. The molecule has 0 aliphatic heterocycles. The van der Waals surface area contributed by atoms with Crippen LogP contribution < -0.4 is 10.6 Å². The van der Waals surface area contributed by atoms with Crippen LogP contribution in [0.2, 0.25) is 0 Å². The van der Waals surface area contributed by atoms with Gasteiger partial charge < -0.3 is 10.6 Å². The Balaban J connectivity index is 2.02. The normalized spacial score (nSPS) is 11.7. The van der Waals surface area contributed by atoms with Gasteiger partial charge in [-0.05, 0) is 49.7 Å². The maximum Gasteiger partial charge on any atom is 0.252 e. The van der Waals surface area contributed by atoms with Gasteiger partial charge in [0.1, 0.15) is 17.7 Å². The Hall–Kier alpha value is -2.76. The SMILES string of the molecule is Cc1ccc(F)cc1NC(=O)[C@@H](C)NC(=O)c1cccc(F)c1. The molecule has 0 spiro atoms. The summed E-state index contributed by atoms with van der Waals surface area (Å²) in [5.74, 6) is -2.07. The first-order valence-corrected chi connectivity index (χ1v) is 7.00. The van der Waals surface area contributed by atoms with Crippen molar-refractivity contribution >= 4 is 17.5 Å². The number of amides is 2. The van der Waals surface area contributed by atoms with Crippen molar-refractivity contribution in [1.82, 2.24) is 5.32 Å². The lowest BCUT2D eigenvalue weighted by molar-refractivity contribution is -0.117. The van der Waals surface area contributed by atoms with E-state index in [-0.39, 0.29) is 5.56 Å². The zero-order chi connectivity index (χ0) is 17.0. The van der Waals surface area contributed by atoms with Crippen LogP contribution in [0.15, 0.2) is 42.5 Å². The maximum atomic E-state index is 13.2. The van der Waals surface area contributed by atoms with Crippen molar-refractivity contribution in [3.63, 3.8) is 0 Å². The zero-order valence-corrected chi connectivity index (χ0v) is 12.7. The van der Waals surface area contributed by atoms with Gasteiger partial charge in [-0.25, -0.2) is 8.78 Å². The minimum absolute atomic E-state index is 0.117. The summed E-state index contributed by atoms with van der Waals surface area (Å²) in [7, 11) is 0. The Morgan fingerprint density at radius 2 is 1.74 bits per heavy atom. The Morgan fingerprint density at radius 1 is 1.04 bits per heavy atom. The van der Waals surface area contributed by atoms with E-state index >= 15 is 0 Å². The van der Waals surface area contributed by atoms with Crippen LogP contribution in [0.3, 0.4) is 0 Å². The van der Waals surface area contributed by atoms with E-state index in [4.69, 9.17) is 0 Å². The molecule has 2 aromatic rings. The van der Waals surface area contributed by atoms with Gasteiger partial charge >= 0.3 is 0 Å². The van der Waals surface area contributed by atoms with E-state index in [0.717, 1.165) is 6.07 Å². The van der Waals surface area contributed by atoms with E-state index in [1.54, 1.807) is 13.0 Å². The van der Waals surface area contributed by atoms with Crippen molar-refractivity contribution in [3.05, 3.63) is 65.2 Å². The average molecular weight is 318 g/mol. The van der Waals surface area contributed by atoms with Gasteiger partial charge in [-0.3, -0.25) is 9.59 Å². The summed E-state index contributed by atoms with van der Waals surface area (Å²) in [4.78, 5) is 24.1. The molecule has 0 unspecified atom stereocenters. The molecule has 0 aliphatic carbocycles. The average Bonchev–Trinajstić information content (AvgIpc) is 2.50. The van der Waals surface area contributed by atoms with Crippen LogP contribution in [-0.2, 0) is 4.79 Å². The third-order valence-corrected chi connectivity index (χ3v) is 3.29. The fourth-order valence-corrected chi connectivity index (χ4v) is 1.95. The number of halogens is 2. The molecule has 0 heterocycles. The Morgan fingerprint density at radius 3 is 2.43 bits per heavy atom. The number of anilines is 1. The number of rotatable bonds is 4. The molecule has 23 heavy (non-hydrogen) atoms. The fourth-order valence-electron chi connectivity index (χ4n) is 1.95. The van der Waals surface area contributed by atoms with Crippen molar-refractivity contribution in [2.24, 2.45) is 0 Å². The maximum absolute atomic E-state index is 13.2. The molecule has 1 atom stereocenters. The van der Waals surface area contributed by atoms with E-state index in [0.29, 0.717) is 11.3 Å². The number of carbonyl (C=O) groups is 2. The molecular formula is C17H16F2N2O2. The van der Waals surface area contributed by atoms with Gasteiger partial charge in [-0.15, -0.1) is 0 Å². The highest BCUT2D eigenvalue weighted by Gasteiger charge is 2.17. The number of hydrogen-bond acceptors (Lipinski definition) is 2. The summed E-state index contributed by atoms with van der Waals surface area (Å²) in [6.45, 7) is 3.21. The second kappa shape index (κ2) is 7.00. The monoisotopic (exact) mass is 318 g/mol. The molecule has 0 fully saturated rings. The number of aryl methyl sites for hydroxylation is 1. The third kappa shape index (κ3) is 4.35. The quantitative estimate of drug-likeness (QED) is 0.910. The summed E-state index contributed by atoms with van der Waals surface area (Å²) in [5.41, 5.74) is 1.15. The van der Waals surface area contributed by atoms with Gasteiger partial charge in [0, 0.05) is 11.3 Å². The van der Waals surface area contributed by atoms with Crippen LogP contribution in [0.1, 0.15) is 22.8 Å². The van der Waals surface area contributed by atoms with Crippen LogP contribution in [-0.4, -0.2) is 17.9 Å². The van der Waals surface area contributed by atoms with E-state index in [9.17, 15) is 18.4 Å². The summed E-state index contributed by atoms with van der Waals surface area (Å²) in [6.07, 6.45) is 0. The van der Waals surface area contributed by atoms with Gasteiger partial charge in [-0.2, -0.15) is 0 Å². The molecule has 2 rings (SSSR count). The second-order valence-electron chi connectivity index (χ2n) is 5.15. The van der Waals surface area contributed by atoms with Crippen molar-refractivity contribution in [1.29, 1.82) is 0 Å². The lowest BCUT2D eigenvalue weighted by Gasteiger charge is -2.15. The summed E-state index contributed by atoms with van der Waals surface area (Å²) in [5, 5.41) is 5.02. The molecule has 4 nitrogen and oxygen atoms in total. The number of nitrogens with one attached hydrogen (secondary N) is 2. The highest BCUT2D eigenvalue weighted by atomic mass is 19.1. The van der Waals surface area contributed by atoms with Crippen molar-refractivity contribution in [2.45, 2.75) is 19.9 Å². The van der Waals surface area contributed by atoms with Gasteiger partial charge in [-0.1, -0.05) is 12.1 Å². The molecule has 2 amide bonds. The first kappa shape index (κ1) is 16.6. The minimum atomic E-state index is -0.867. The summed E-state index contributed by atoms with van der Waals surface area (Å²) in [6, 6.07) is 8.32. The zero-order valence-electron chi connectivity index (χ0n) is 12.7. The predicted molar refractivity (Wildman–Crippen MR) is 83.1 cm³/mol. The second-order valence-corrected chi connectivity index (χ2v) is 5.15. The Kier molecular flexibility index (Phi) is 5.05. The smallest absolute Gasteiger partial charge is 0.252 e. The standard InChI is InChI=1S/C17H16F2N2O2/c1-10-6-7-14(19)9-15(10)21-16(22)11(2)20-17(23)12-4-3-5-13(18)8-12/h3-9,11H,1-2H3,(H,20,23)(H,21,22)/t11-/m1/s1. The molecule has 120 valence electrons. The molecular weight excluding hydrogens is 302 g/mol. The van der Waals surface area contributed by atoms with Crippen LogP contribution in [0.5, 0.6) is 0 Å². The van der Waals surface area contributed by atoms with Crippen LogP contribution in [0.4, 0.5) is 14.5 Å². The third-order valence-electron chi connectivity index (χ3n) is 3.29. The first-order chi connectivity index (χ1) is 10.9. The fraction of sp³-hybridized carbons (Fsp3) is 0.176. The van der Waals surface area contributed by atoms with E-state index in [1.165, 1.54) is 37.3 Å². The van der Waals surface area contributed by atoms with Crippen molar-refractivity contribution in [2.75, 3.05) is 5.32 Å². The van der Waals surface area contributed by atoms with Crippen molar-refractivity contribution in [3.8, 4) is 0 Å². The lowest BCUT2D eigenvalue weighted by atomic mass is 10.1. The molecule has 0 saturated carbocycles. The van der Waals surface area contributed by atoms with Crippen LogP contribution >= 0.6 is 0 Å². The predicted octanol–water partition coefficient (Wildman–Crippen LogP) is 3.03. The Labute approximate surface area is 132 Å². The molecule has 6 heteroatoms. The molecule has 0 radical (unpaired) electrons. The molecule has 0 aromatic heterocycles. The van der Waals surface area contributed by atoms with Gasteiger partial charge in [0.25, 0.3) is 5.91 Å². The van der Waals surface area contributed by atoms with E-state index < -0.39 is 29.5 Å². The number of benzene rings is 2. The topological polar surface area (TPSA) is 58.2 Å². The molecule has 2 aromatic carbocycles. The van der Waals surface area contributed by atoms with Gasteiger partial charge in [0.15, 0.2) is 0 Å². The largest absolute Gasteiger partial charge is 0.341 e. The Bertz CT molecular complexity index is 747. The highest BCUT2D eigenvalue weighted by molar-refractivity contribution is 6.01. The minimum Gasteiger partial charge on any atom is -0.341 e. The molecule has 0 aliphatic rings. The van der Waals surface area contributed by atoms with Crippen LogP contribution in [0.25, 0.3) is 0 Å². The lowest BCUT2D eigenvalue weighted by Crippen LogP contribution is -2.41.